The first kappa shape index (κ1) is 21.9. The van der Waals surface area contributed by atoms with Gasteiger partial charge in [0.1, 0.15) is 0 Å². The van der Waals surface area contributed by atoms with Crippen molar-refractivity contribution < 1.29 is 135 Å². The van der Waals surface area contributed by atoms with E-state index in [0.717, 1.165) is 0 Å². The third kappa shape index (κ3) is 49.8. The Bertz CT molecular complexity index is 472. The Morgan fingerprint density at radius 2 is 1.07 bits per heavy atom. The van der Waals surface area contributed by atoms with Crippen molar-refractivity contribution in [2.24, 2.45) is 0 Å². The van der Waals surface area contributed by atoms with Gasteiger partial charge in [-0.05, 0) is 0 Å². The summed E-state index contributed by atoms with van der Waals surface area (Å²) in [5, 5.41) is 0. The second kappa shape index (κ2) is 7.89. The summed E-state index contributed by atoms with van der Waals surface area (Å²) in [6.45, 7) is 0. The van der Waals surface area contributed by atoms with Gasteiger partial charge in [-0.1, -0.05) is 0 Å². The first-order chi connectivity index (χ1) is 5.71. The van der Waals surface area contributed by atoms with Gasteiger partial charge in [-0.25, -0.2) is 0 Å². The average molecular weight is 378 g/mol. The zero-order valence-corrected chi connectivity index (χ0v) is 13.7. The van der Waals surface area contributed by atoms with Gasteiger partial charge in [-0.3, -0.25) is 0 Å². The fourth-order valence-electron chi connectivity index (χ4n) is 0.109. The van der Waals surface area contributed by atoms with Crippen LogP contribution in [-0.4, -0.2) is 12.5 Å². The predicted octanol–water partition coefficient (Wildman–Crippen LogP) is -5.46. The summed E-state index contributed by atoms with van der Waals surface area (Å²) >= 11 is -16.9. The summed E-state index contributed by atoms with van der Waals surface area (Å²) in [6.07, 6.45) is 0. The Hall–Kier alpha value is 1.66. The van der Waals surface area contributed by atoms with Gasteiger partial charge in [0.25, 0.3) is 0 Å². The first-order valence-electron chi connectivity index (χ1n) is 2.00. The fourth-order valence-corrected chi connectivity index (χ4v) is 1.85. The summed E-state index contributed by atoms with van der Waals surface area (Å²) in [5.41, 5.74) is 0. The molecular weight excluding hydrogens is 374 g/mol. The van der Waals surface area contributed by atoms with Gasteiger partial charge in [0.05, 0.1) is 0 Å². The molecule has 3 N–H and O–H groups in total. The van der Waals surface area contributed by atoms with Crippen LogP contribution in [0.1, 0.15) is 1.43 Å². The van der Waals surface area contributed by atoms with Crippen LogP contribution in [0, 0.1) is 0 Å². The zero-order valence-electron chi connectivity index (χ0n) is 7.80. The van der Waals surface area contributed by atoms with E-state index in [-0.39, 0.29) is 52.8 Å². The van der Waals surface area contributed by atoms with Crippen molar-refractivity contribution >= 4 is 0 Å². The van der Waals surface area contributed by atoms with E-state index < -0.39 is 40.2 Å². The summed E-state index contributed by atoms with van der Waals surface area (Å²) in [7, 11) is 0. The van der Waals surface area contributed by atoms with E-state index in [4.69, 9.17) is 24.0 Å². The van der Waals surface area contributed by atoms with Crippen LogP contribution in [0.25, 0.3) is 0 Å². The SMILES string of the molecule is [H-].[K+].[O]=[Cr](=[O])([OH])[O][Cr](=[O])(=[O])[OH].[O]=[Mn](=[O])(=[O])[OH]. The monoisotopic (exact) mass is 378 g/mol. The van der Waals surface area contributed by atoms with E-state index in [1.54, 1.807) is 0 Å². The number of hydrogen-bond acceptors (Lipinski definition) is 8. The molecule has 0 rings (SSSR count). The van der Waals surface area contributed by atoms with Crippen LogP contribution >= 0.6 is 0 Å². The molecular formula is H4Cr2KMnO11. The van der Waals surface area contributed by atoms with Crippen molar-refractivity contribution in [1.29, 1.82) is 0 Å². The number of rotatable bonds is 2. The van der Waals surface area contributed by atoms with Gasteiger partial charge < -0.3 is 1.43 Å². The summed E-state index contributed by atoms with van der Waals surface area (Å²) < 4.78 is 89.3. The predicted molar refractivity (Wildman–Crippen MR) is 13.7 cm³/mol. The topological polar surface area (TPSA) is 189 Å². The van der Waals surface area contributed by atoms with Crippen molar-refractivity contribution in [1.82, 2.24) is 0 Å². The van der Waals surface area contributed by atoms with E-state index in [1.807, 2.05) is 0 Å². The third-order valence-electron chi connectivity index (χ3n) is 0.172. The minimum atomic E-state index is -5.76. The average Bonchev–Trinajstić information content (AvgIpc) is 1.42. The molecule has 0 unspecified atom stereocenters. The molecule has 0 bridgehead atoms. The number of hydrogen-bond donors (Lipinski definition) is 3. The van der Waals surface area contributed by atoms with E-state index in [0.29, 0.717) is 0 Å². The maximum atomic E-state index is 9.53. The van der Waals surface area contributed by atoms with E-state index in [9.17, 15) is 15.2 Å². The molecule has 0 amide bonds. The first-order valence-corrected chi connectivity index (χ1v) is 8.23. The van der Waals surface area contributed by atoms with Crippen LogP contribution in [0.4, 0.5) is 0 Å². The Kier molecular flexibility index (Phi) is 11.5. The molecule has 0 aromatic rings. The van der Waals surface area contributed by atoms with Gasteiger partial charge in [0.2, 0.25) is 0 Å². The standard InChI is InChI=1S/2Cr.K.Mn.3H2O.8O.H/h;;;;3*1H2;;;;;;;;;/q4*+1;;;;;;;;;;;;-1/p-3. The molecule has 11 nitrogen and oxygen atoms in total. The van der Waals surface area contributed by atoms with Crippen LogP contribution in [0.5, 0.6) is 0 Å². The van der Waals surface area contributed by atoms with Crippen molar-refractivity contribution in [3.63, 3.8) is 0 Å². The summed E-state index contributed by atoms with van der Waals surface area (Å²) in [4.78, 5) is 0. The quantitative estimate of drug-likeness (QED) is 0.389. The van der Waals surface area contributed by atoms with Gasteiger partial charge in [-0.2, -0.15) is 0 Å². The molecule has 15 heavy (non-hydrogen) atoms. The van der Waals surface area contributed by atoms with Gasteiger partial charge in [0.15, 0.2) is 0 Å². The van der Waals surface area contributed by atoms with Crippen LogP contribution in [0.15, 0.2) is 0 Å². The Morgan fingerprint density at radius 1 is 0.933 bits per heavy atom. The Balaban J connectivity index is -0.0000000904. The molecule has 0 saturated carbocycles. The second-order valence-electron chi connectivity index (χ2n) is 1.32. The molecule has 0 spiro atoms. The Morgan fingerprint density at radius 3 is 1.07 bits per heavy atom. The van der Waals surface area contributed by atoms with Crippen molar-refractivity contribution in [2.45, 2.75) is 0 Å². The molecule has 0 saturated heterocycles. The second-order valence-corrected chi connectivity index (χ2v) is 6.32. The molecule has 0 aliphatic rings. The molecule has 0 aliphatic heterocycles. The molecule has 0 heterocycles. The van der Waals surface area contributed by atoms with Crippen molar-refractivity contribution in [3.8, 4) is 0 Å². The maximum absolute atomic E-state index is 9.53. The molecule has 0 atom stereocenters. The molecule has 0 aliphatic carbocycles. The molecule has 90 valence electrons. The summed E-state index contributed by atoms with van der Waals surface area (Å²) in [6, 6.07) is 0. The van der Waals surface area contributed by atoms with E-state index in [2.05, 4.69) is 2.84 Å². The fraction of sp³-hybridized carbons (Fsp3) is 0. The van der Waals surface area contributed by atoms with Gasteiger partial charge in [0, 0.05) is 0 Å². The van der Waals surface area contributed by atoms with Crippen LogP contribution < -0.4 is 51.4 Å². The molecule has 15 heteroatoms. The van der Waals surface area contributed by atoms with Gasteiger partial charge in [-0.15, -0.1) is 0 Å². The van der Waals surface area contributed by atoms with Crippen LogP contribution in [-0.2, 0) is 69.8 Å². The Labute approximate surface area is 133 Å². The molecule has 0 aromatic carbocycles. The van der Waals surface area contributed by atoms with Gasteiger partial charge >= 0.3 is 134 Å². The summed E-state index contributed by atoms with van der Waals surface area (Å²) in [5.74, 6) is 0. The molecule has 0 fully saturated rings. The van der Waals surface area contributed by atoms with Crippen molar-refractivity contribution in [2.75, 3.05) is 0 Å². The third-order valence-corrected chi connectivity index (χ3v) is 2.92. The molecule has 0 aromatic heterocycles. The van der Waals surface area contributed by atoms with Crippen LogP contribution in [0.3, 0.4) is 0 Å². The van der Waals surface area contributed by atoms with Crippen molar-refractivity contribution in [3.05, 3.63) is 0 Å². The zero-order chi connectivity index (χ0) is 12.2. The van der Waals surface area contributed by atoms with E-state index in [1.165, 1.54) is 0 Å². The molecule has 0 radical (unpaired) electrons. The minimum absolute atomic E-state index is 0. The normalized spacial score (nSPS) is 11.9. The van der Waals surface area contributed by atoms with Crippen LogP contribution in [0.2, 0.25) is 0 Å². The van der Waals surface area contributed by atoms with E-state index >= 15 is 0 Å².